The number of azide groups is 1. The Bertz CT molecular complexity index is 233. The van der Waals surface area contributed by atoms with E-state index >= 15 is 0 Å². The number of carboxylic acid groups (broad SMARTS) is 1. The first kappa shape index (κ1) is 10.2. The molecule has 8 nitrogen and oxygen atoms in total. The summed E-state index contributed by atoms with van der Waals surface area (Å²) in [5, 5.41) is 19.3. The number of hydrogen-bond acceptors (Lipinski definition) is 5. The molecule has 1 atom stereocenters. The van der Waals surface area contributed by atoms with Gasteiger partial charge in [-0.3, -0.25) is 0 Å². The molecule has 2 N–H and O–H groups in total. The van der Waals surface area contributed by atoms with Gasteiger partial charge in [0, 0.05) is 4.91 Å². The second-order valence-electron chi connectivity index (χ2n) is 1.56. The van der Waals surface area contributed by atoms with Crippen LogP contribution in [0.25, 0.3) is 10.4 Å². The lowest BCUT2D eigenvalue weighted by molar-refractivity contribution is -0.165. The maximum absolute atomic E-state index is 10.4. The zero-order chi connectivity index (χ0) is 9.56. The number of ether oxygens (including phenoxy) is 1. The summed E-state index contributed by atoms with van der Waals surface area (Å²) in [6, 6.07) is 0. The summed E-state index contributed by atoms with van der Waals surface area (Å²) in [7, 11) is 0. The van der Waals surface area contributed by atoms with Crippen molar-refractivity contribution in [2.45, 2.75) is 6.10 Å². The molecular weight excluding hydrogens is 170 g/mol. The number of esters is 1. The van der Waals surface area contributed by atoms with Crippen LogP contribution in [0.2, 0.25) is 0 Å². The van der Waals surface area contributed by atoms with Gasteiger partial charge < -0.3 is 14.9 Å². The Morgan fingerprint density at radius 1 is 1.67 bits per heavy atom. The van der Waals surface area contributed by atoms with Gasteiger partial charge in [-0.15, -0.1) is 0 Å². The monoisotopic (exact) mass is 175 g/mol. The summed E-state index contributed by atoms with van der Waals surface area (Å²) in [5.41, 5.74) is 7.72. The molecule has 8 heteroatoms. The number of rotatable bonds is 4. The summed E-state index contributed by atoms with van der Waals surface area (Å²) in [6.07, 6.45) is -2.24. The predicted molar refractivity (Wildman–Crippen MR) is 33.7 cm³/mol. The zero-order valence-corrected chi connectivity index (χ0v) is 5.75. The maximum Gasteiger partial charge on any atom is 0.346 e. The van der Waals surface area contributed by atoms with E-state index in [2.05, 4.69) is 14.8 Å². The first-order valence-electron chi connectivity index (χ1n) is 2.68. The SMILES string of the molecule is [N-]=[N+]=NCOC(=O)C(O)C(=O)O. The van der Waals surface area contributed by atoms with E-state index in [0.717, 1.165) is 0 Å². The number of carboxylic acids is 1. The van der Waals surface area contributed by atoms with Crippen LogP contribution < -0.4 is 0 Å². The van der Waals surface area contributed by atoms with Crippen molar-refractivity contribution in [3.8, 4) is 0 Å². The van der Waals surface area contributed by atoms with Crippen molar-refractivity contribution in [3.63, 3.8) is 0 Å². The van der Waals surface area contributed by atoms with E-state index in [1.54, 1.807) is 0 Å². The molecule has 0 amide bonds. The van der Waals surface area contributed by atoms with Crippen molar-refractivity contribution >= 4 is 11.9 Å². The molecule has 0 radical (unpaired) electrons. The van der Waals surface area contributed by atoms with Crippen LogP contribution in [0.3, 0.4) is 0 Å². The molecule has 1 unspecified atom stereocenters. The number of aliphatic hydroxyl groups excluding tert-OH is 1. The summed E-state index contributed by atoms with van der Waals surface area (Å²) < 4.78 is 4.02. The van der Waals surface area contributed by atoms with Crippen LogP contribution in [0.1, 0.15) is 0 Å². The summed E-state index contributed by atoms with van der Waals surface area (Å²) in [5.74, 6) is -3.09. The van der Waals surface area contributed by atoms with Gasteiger partial charge in [0.1, 0.15) is 0 Å². The molecule has 0 rings (SSSR count). The molecular formula is C4H5N3O5. The molecule has 0 aromatic rings. The lowest BCUT2D eigenvalue weighted by Crippen LogP contribution is -2.31. The third-order valence-electron chi connectivity index (χ3n) is 0.785. The van der Waals surface area contributed by atoms with Gasteiger partial charge in [0.2, 0.25) is 6.10 Å². The Hall–Kier alpha value is -1.79. The summed E-state index contributed by atoms with van der Waals surface area (Å²) in [6.45, 7) is -0.639. The molecule has 0 aromatic heterocycles. The molecule has 0 fully saturated rings. The van der Waals surface area contributed by atoms with Gasteiger partial charge in [0.15, 0.2) is 6.73 Å². The number of carbonyl (C=O) groups is 2. The topological polar surface area (TPSA) is 133 Å². The lowest BCUT2D eigenvalue weighted by atomic mass is 10.4. The van der Waals surface area contributed by atoms with Gasteiger partial charge >= 0.3 is 11.9 Å². The Kier molecular flexibility index (Phi) is 4.20. The van der Waals surface area contributed by atoms with Crippen molar-refractivity contribution in [2.24, 2.45) is 5.11 Å². The summed E-state index contributed by atoms with van der Waals surface area (Å²) >= 11 is 0. The minimum atomic E-state index is -2.24. The Labute approximate surface area is 66.0 Å². The van der Waals surface area contributed by atoms with E-state index in [4.69, 9.17) is 15.7 Å². The molecule has 0 saturated heterocycles. The minimum Gasteiger partial charge on any atom is -0.479 e. The highest BCUT2D eigenvalue weighted by Gasteiger charge is 2.23. The maximum atomic E-state index is 10.4. The standard InChI is InChI=1S/C4H5N3O5/c5-7-6-1-12-4(11)2(8)3(9)10/h2,8H,1H2,(H,9,10). The van der Waals surface area contributed by atoms with Gasteiger partial charge in [0.25, 0.3) is 0 Å². The molecule has 0 saturated carbocycles. The highest BCUT2D eigenvalue weighted by Crippen LogP contribution is 1.89. The average Bonchev–Trinajstić information content (AvgIpc) is 2.03. The highest BCUT2D eigenvalue weighted by atomic mass is 16.6. The first-order valence-corrected chi connectivity index (χ1v) is 2.68. The van der Waals surface area contributed by atoms with Gasteiger partial charge in [0.05, 0.1) is 0 Å². The molecule has 0 aliphatic carbocycles. The third kappa shape index (κ3) is 3.40. The smallest absolute Gasteiger partial charge is 0.346 e. The second-order valence-corrected chi connectivity index (χ2v) is 1.56. The largest absolute Gasteiger partial charge is 0.479 e. The van der Waals surface area contributed by atoms with Gasteiger partial charge in [-0.25, -0.2) is 9.59 Å². The number of aliphatic hydroxyl groups is 1. The van der Waals surface area contributed by atoms with E-state index in [1.165, 1.54) is 0 Å². The van der Waals surface area contributed by atoms with Gasteiger partial charge in [-0.2, -0.15) is 0 Å². The molecule has 0 aliphatic heterocycles. The van der Waals surface area contributed by atoms with E-state index in [9.17, 15) is 9.59 Å². The molecule has 0 bridgehead atoms. The number of nitrogens with zero attached hydrogens (tertiary/aromatic N) is 3. The van der Waals surface area contributed by atoms with E-state index < -0.39 is 24.8 Å². The van der Waals surface area contributed by atoms with Crippen molar-refractivity contribution < 1.29 is 24.5 Å². The fourth-order valence-electron chi connectivity index (χ4n) is 0.298. The third-order valence-corrected chi connectivity index (χ3v) is 0.785. The normalized spacial score (nSPS) is 11.1. The van der Waals surface area contributed by atoms with E-state index in [1.807, 2.05) is 0 Å². The van der Waals surface area contributed by atoms with Gasteiger partial charge in [-0.1, -0.05) is 5.11 Å². The van der Waals surface area contributed by atoms with Crippen molar-refractivity contribution in [1.29, 1.82) is 0 Å². The molecule has 0 aromatic carbocycles. The molecule has 66 valence electrons. The Morgan fingerprint density at radius 3 is 2.67 bits per heavy atom. The quantitative estimate of drug-likeness (QED) is 0.190. The fraction of sp³-hybridized carbons (Fsp3) is 0.500. The minimum absolute atomic E-state index is 0.639. The molecule has 12 heavy (non-hydrogen) atoms. The van der Waals surface area contributed by atoms with Crippen LogP contribution in [0, 0.1) is 0 Å². The molecule has 0 aliphatic rings. The van der Waals surface area contributed by atoms with Crippen LogP contribution in [-0.4, -0.2) is 35.0 Å². The van der Waals surface area contributed by atoms with Crippen LogP contribution in [0.4, 0.5) is 0 Å². The predicted octanol–water partition coefficient (Wildman–Crippen LogP) is -0.757. The Morgan fingerprint density at radius 2 is 2.25 bits per heavy atom. The van der Waals surface area contributed by atoms with Gasteiger partial charge in [-0.05, 0) is 5.53 Å². The summed E-state index contributed by atoms with van der Waals surface area (Å²) in [4.78, 5) is 22.6. The lowest BCUT2D eigenvalue weighted by Gasteiger charge is -2.02. The fourth-order valence-corrected chi connectivity index (χ4v) is 0.298. The average molecular weight is 175 g/mol. The second kappa shape index (κ2) is 4.94. The van der Waals surface area contributed by atoms with Crippen molar-refractivity contribution in [2.75, 3.05) is 6.73 Å². The Balaban J connectivity index is 3.87. The molecule has 0 spiro atoms. The first-order chi connectivity index (χ1) is 5.59. The van der Waals surface area contributed by atoms with Crippen LogP contribution >= 0.6 is 0 Å². The number of hydrogen-bond donors (Lipinski definition) is 2. The van der Waals surface area contributed by atoms with Crippen LogP contribution in [-0.2, 0) is 14.3 Å². The van der Waals surface area contributed by atoms with Crippen LogP contribution in [0.5, 0.6) is 0 Å². The number of aliphatic carboxylic acids is 1. The van der Waals surface area contributed by atoms with Crippen molar-refractivity contribution in [3.05, 3.63) is 10.4 Å². The van der Waals surface area contributed by atoms with Crippen LogP contribution in [0.15, 0.2) is 5.11 Å². The molecule has 0 heterocycles. The van der Waals surface area contributed by atoms with E-state index in [0.29, 0.717) is 0 Å². The highest BCUT2D eigenvalue weighted by molar-refractivity contribution is 5.96. The zero-order valence-electron chi connectivity index (χ0n) is 5.75. The number of carbonyl (C=O) groups excluding carboxylic acids is 1. The van der Waals surface area contributed by atoms with E-state index in [-0.39, 0.29) is 0 Å². The van der Waals surface area contributed by atoms with Crippen molar-refractivity contribution in [1.82, 2.24) is 0 Å².